The lowest BCUT2D eigenvalue weighted by molar-refractivity contribution is -0.137. The second kappa shape index (κ2) is 6.32. The van der Waals surface area contributed by atoms with Crippen molar-refractivity contribution in [3.63, 3.8) is 0 Å². The minimum atomic E-state index is -4.36. The van der Waals surface area contributed by atoms with Crippen molar-refractivity contribution in [2.24, 2.45) is 0 Å². The number of benzene rings is 1. The van der Waals surface area contributed by atoms with E-state index in [1.807, 2.05) is 6.92 Å². The first-order chi connectivity index (χ1) is 9.81. The molecular weight excluding hydrogens is 369 g/mol. The van der Waals surface area contributed by atoms with Gasteiger partial charge in [0, 0.05) is 6.42 Å². The first-order valence-electron chi connectivity index (χ1n) is 6.18. The first kappa shape index (κ1) is 16.2. The van der Waals surface area contributed by atoms with Gasteiger partial charge in [0.15, 0.2) is 0 Å². The molecular formula is C14H11BrClF3N2. The molecule has 0 fully saturated rings. The highest BCUT2D eigenvalue weighted by molar-refractivity contribution is 9.10. The van der Waals surface area contributed by atoms with Gasteiger partial charge in [-0.1, -0.05) is 36.7 Å². The van der Waals surface area contributed by atoms with E-state index in [9.17, 15) is 13.2 Å². The summed E-state index contributed by atoms with van der Waals surface area (Å²) in [6.07, 6.45) is -3.51. The topological polar surface area (TPSA) is 25.8 Å². The number of rotatable bonds is 3. The van der Waals surface area contributed by atoms with Crippen molar-refractivity contribution in [1.29, 1.82) is 0 Å². The summed E-state index contributed by atoms with van der Waals surface area (Å²) in [6, 6.07) is 5.13. The normalized spacial score (nSPS) is 11.7. The van der Waals surface area contributed by atoms with Crippen LogP contribution in [-0.2, 0) is 19.0 Å². The van der Waals surface area contributed by atoms with E-state index >= 15 is 0 Å². The third-order valence-electron chi connectivity index (χ3n) is 2.88. The fourth-order valence-electron chi connectivity index (χ4n) is 1.86. The SMILES string of the molecule is CCc1nc(Cc2cccc(C(F)(F)F)c2)nc(Cl)c1Br. The molecule has 0 N–H and O–H groups in total. The average molecular weight is 380 g/mol. The molecule has 1 aromatic heterocycles. The number of nitrogens with zero attached hydrogens (tertiary/aromatic N) is 2. The molecule has 0 aliphatic carbocycles. The zero-order chi connectivity index (χ0) is 15.6. The van der Waals surface area contributed by atoms with Gasteiger partial charge in [-0.25, -0.2) is 9.97 Å². The van der Waals surface area contributed by atoms with Crippen molar-refractivity contribution >= 4 is 27.5 Å². The summed E-state index contributed by atoms with van der Waals surface area (Å²) in [4.78, 5) is 8.41. The van der Waals surface area contributed by atoms with Crippen LogP contribution >= 0.6 is 27.5 Å². The van der Waals surface area contributed by atoms with Gasteiger partial charge in [0.1, 0.15) is 11.0 Å². The van der Waals surface area contributed by atoms with Gasteiger partial charge in [-0.15, -0.1) is 0 Å². The number of hydrogen-bond donors (Lipinski definition) is 0. The average Bonchev–Trinajstić information content (AvgIpc) is 2.42. The van der Waals surface area contributed by atoms with E-state index in [0.717, 1.165) is 17.8 Å². The molecule has 0 saturated heterocycles. The highest BCUT2D eigenvalue weighted by Gasteiger charge is 2.30. The summed E-state index contributed by atoms with van der Waals surface area (Å²) in [5.41, 5.74) is 0.543. The maximum Gasteiger partial charge on any atom is 0.416 e. The van der Waals surface area contributed by atoms with Gasteiger partial charge in [-0.05, 0) is 34.0 Å². The minimum Gasteiger partial charge on any atom is -0.236 e. The largest absolute Gasteiger partial charge is 0.416 e. The van der Waals surface area contributed by atoms with E-state index in [2.05, 4.69) is 25.9 Å². The Morgan fingerprint density at radius 1 is 1.24 bits per heavy atom. The van der Waals surface area contributed by atoms with E-state index < -0.39 is 11.7 Å². The number of halogens is 5. The highest BCUT2D eigenvalue weighted by atomic mass is 79.9. The first-order valence-corrected chi connectivity index (χ1v) is 7.35. The summed E-state index contributed by atoms with van der Waals surface area (Å²) in [5, 5.41) is 0.267. The second-order valence-corrected chi connectivity index (χ2v) is 5.57. The van der Waals surface area contributed by atoms with Crippen LogP contribution in [0.25, 0.3) is 0 Å². The van der Waals surface area contributed by atoms with Crippen LogP contribution in [0, 0.1) is 0 Å². The van der Waals surface area contributed by atoms with Crippen LogP contribution in [0.3, 0.4) is 0 Å². The van der Waals surface area contributed by atoms with Gasteiger partial charge < -0.3 is 0 Å². The predicted molar refractivity (Wildman–Crippen MR) is 78.4 cm³/mol. The van der Waals surface area contributed by atoms with Crippen molar-refractivity contribution < 1.29 is 13.2 Å². The maximum atomic E-state index is 12.7. The Morgan fingerprint density at radius 3 is 2.57 bits per heavy atom. The number of hydrogen-bond acceptors (Lipinski definition) is 2. The Labute approximate surface area is 133 Å². The third kappa shape index (κ3) is 3.95. The Balaban J connectivity index is 2.32. The smallest absolute Gasteiger partial charge is 0.236 e. The maximum absolute atomic E-state index is 12.7. The van der Waals surface area contributed by atoms with Crippen molar-refractivity contribution in [1.82, 2.24) is 9.97 Å². The van der Waals surface area contributed by atoms with Crippen molar-refractivity contribution in [3.05, 3.63) is 56.5 Å². The quantitative estimate of drug-likeness (QED) is 0.696. The Hall–Kier alpha value is -1.14. The molecule has 0 amide bonds. The van der Waals surface area contributed by atoms with Crippen LogP contribution in [0.4, 0.5) is 13.2 Å². The molecule has 0 bridgehead atoms. The molecule has 2 aromatic rings. The molecule has 112 valence electrons. The molecule has 0 radical (unpaired) electrons. The number of aryl methyl sites for hydroxylation is 1. The molecule has 2 rings (SSSR count). The Bertz CT molecular complexity index is 659. The van der Waals surface area contributed by atoms with Gasteiger partial charge in [0.2, 0.25) is 0 Å². The van der Waals surface area contributed by atoms with Crippen LogP contribution in [0.2, 0.25) is 5.15 Å². The summed E-state index contributed by atoms with van der Waals surface area (Å²) >= 11 is 9.28. The molecule has 0 spiro atoms. The van der Waals surface area contributed by atoms with Gasteiger partial charge in [0.25, 0.3) is 0 Å². The molecule has 0 atom stereocenters. The molecule has 0 saturated carbocycles. The van der Waals surface area contributed by atoms with Crippen LogP contribution in [0.1, 0.15) is 29.6 Å². The number of aromatic nitrogens is 2. The van der Waals surface area contributed by atoms with Crippen molar-refractivity contribution in [3.8, 4) is 0 Å². The summed E-state index contributed by atoms with van der Waals surface area (Å²) in [6.45, 7) is 1.91. The monoisotopic (exact) mass is 378 g/mol. The van der Waals surface area contributed by atoms with Crippen LogP contribution in [0.15, 0.2) is 28.7 Å². The van der Waals surface area contributed by atoms with Crippen LogP contribution < -0.4 is 0 Å². The van der Waals surface area contributed by atoms with E-state index in [1.54, 1.807) is 6.07 Å². The van der Waals surface area contributed by atoms with Crippen molar-refractivity contribution in [2.75, 3.05) is 0 Å². The molecule has 2 nitrogen and oxygen atoms in total. The molecule has 7 heteroatoms. The summed E-state index contributed by atoms with van der Waals surface area (Å²) < 4.78 is 38.7. The van der Waals surface area contributed by atoms with E-state index in [0.29, 0.717) is 22.3 Å². The van der Waals surface area contributed by atoms with Crippen LogP contribution in [-0.4, -0.2) is 9.97 Å². The van der Waals surface area contributed by atoms with Gasteiger partial charge in [0.05, 0.1) is 15.7 Å². The highest BCUT2D eigenvalue weighted by Crippen LogP contribution is 2.30. The molecule has 21 heavy (non-hydrogen) atoms. The summed E-state index contributed by atoms with van der Waals surface area (Å²) in [7, 11) is 0. The van der Waals surface area contributed by atoms with E-state index in [-0.39, 0.29) is 11.6 Å². The van der Waals surface area contributed by atoms with Crippen molar-refractivity contribution in [2.45, 2.75) is 25.9 Å². The molecule has 0 aliphatic rings. The number of alkyl halides is 3. The van der Waals surface area contributed by atoms with Gasteiger partial charge in [-0.2, -0.15) is 13.2 Å². The van der Waals surface area contributed by atoms with Gasteiger partial charge in [-0.3, -0.25) is 0 Å². The second-order valence-electron chi connectivity index (χ2n) is 4.42. The Morgan fingerprint density at radius 2 is 1.95 bits per heavy atom. The lowest BCUT2D eigenvalue weighted by Gasteiger charge is -2.09. The minimum absolute atomic E-state index is 0.198. The molecule has 1 aromatic carbocycles. The zero-order valence-electron chi connectivity index (χ0n) is 11.0. The third-order valence-corrected chi connectivity index (χ3v) is 4.21. The molecule has 1 heterocycles. The predicted octanol–water partition coefficient (Wildman–Crippen LogP) is 5.06. The van der Waals surface area contributed by atoms with Crippen LogP contribution in [0.5, 0.6) is 0 Å². The Kier molecular flexibility index (Phi) is 4.88. The standard InChI is InChI=1S/C14H11BrClF3N2/c1-2-10-12(15)13(16)21-11(20-10)7-8-4-3-5-9(6-8)14(17,18)19/h3-6H,2,7H2,1H3. The zero-order valence-corrected chi connectivity index (χ0v) is 13.3. The summed E-state index contributed by atoms with van der Waals surface area (Å²) in [5.74, 6) is 0.402. The fourth-order valence-corrected chi connectivity index (χ4v) is 2.53. The molecule has 0 aliphatic heterocycles. The van der Waals surface area contributed by atoms with E-state index in [1.165, 1.54) is 6.07 Å². The lowest BCUT2D eigenvalue weighted by Crippen LogP contribution is -2.06. The van der Waals surface area contributed by atoms with E-state index in [4.69, 9.17) is 11.6 Å². The van der Waals surface area contributed by atoms with Gasteiger partial charge >= 0.3 is 6.18 Å². The lowest BCUT2D eigenvalue weighted by atomic mass is 10.1. The fraction of sp³-hybridized carbons (Fsp3) is 0.286. The molecule has 0 unspecified atom stereocenters.